The fourth-order valence-corrected chi connectivity index (χ4v) is 1.91. The molecule has 0 saturated carbocycles. The van der Waals surface area contributed by atoms with Gasteiger partial charge in [-0.25, -0.2) is 4.98 Å². The van der Waals surface area contributed by atoms with Gasteiger partial charge in [0.15, 0.2) is 0 Å². The predicted molar refractivity (Wildman–Crippen MR) is 82.2 cm³/mol. The molecule has 0 aliphatic carbocycles. The predicted octanol–water partition coefficient (Wildman–Crippen LogP) is 2.23. The van der Waals surface area contributed by atoms with Crippen LogP contribution in [0.5, 0.6) is 0 Å². The minimum Gasteiger partial charge on any atom is -0.368 e. The van der Waals surface area contributed by atoms with Crippen molar-refractivity contribution in [2.45, 2.75) is 27.2 Å². The topological polar surface area (TPSA) is 70.2 Å². The first-order valence-electron chi connectivity index (χ1n) is 6.90. The van der Waals surface area contributed by atoms with Crippen LogP contribution in [-0.2, 0) is 4.79 Å². The maximum atomic E-state index is 11.9. The van der Waals surface area contributed by atoms with E-state index in [1.165, 1.54) is 0 Å². The zero-order valence-corrected chi connectivity index (χ0v) is 13.0. The van der Waals surface area contributed by atoms with E-state index in [4.69, 9.17) is 11.6 Å². The smallest absolute Gasteiger partial charge is 0.224 e. The van der Waals surface area contributed by atoms with Crippen LogP contribution in [0, 0.1) is 0 Å². The van der Waals surface area contributed by atoms with E-state index in [0.29, 0.717) is 29.8 Å². The first-order valence-corrected chi connectivity index (χ1v) is 7.28. The summed E-state index contributed by atoms with van der Waals surface area (Å²) in [6, 6.07) is 0. The van der Waals surface area contributed by atoms with Crippen LogP contribution in [0.25, 0.3) is 0 Å². The molecule has 0 aliphatic heterocycles. The number of amides is 1. The molecule has 0 atom stereocenters. The van der Waals surface area contributed by atoms with Crippen molar-refractivity contribution in [2.24, 2.45) is 0 Å². The Labute approximate surface area is 124 Å². The lowest BCUT2D eigenvalue weighted by Crippen LogP contribution is -2.31. The number of carbonyl (C=O) groups is 1. The van der Waals surface area contributed by atoms with E-state index >= 15 is 0 Å². The molecule has 0 saturated heterocycles. The molecule has 1 amide bonds. The van der Waals surface area contributed by atoms with E-state index in [2.05, 4.69) is 20.6 Å². The fraction of sp³-hybridized carbons (Fsp3) is 0.615. The molecule has 0 bridgehead atoms. The molecule has 1 heterocycles. The third-order valence-electron chi connectivity index (χ3n) is 2.83. The molecule has 0 spiro atoms. The van der Waals surface area contributed by atoms with Crippen LogP contribution in [0.3, 0.4) is 0 Å². The maximum Gasteiger partial charge on any atom is 0.224 e. The van der Waals surface area contributed by atoms with Gasteiger partial charge in [0, 0.05) is 32.6 Å². The Bertz CT molecular complexity index is 437. The lowest BCUT2D eigenvalue weighted by atomic mass is 10.3. The number of nitrogens with one attached hydrogen (secondary N) is 2. The van der Waals surface area contributed by atoms with Crippen molar-refractivity contribution in [2.75, 3.05) is 36.8 Å². The quantitative estimate of drug-likeness (QED) is 0.770. The van der Waals surface area contributed by atoms with E-state index in [9.17, 15) is 4.79 Å². The number of carbonyl (C=O) groups excluding carboxylic acids is 1. The fourth-order valence-electron chi connectivity index (χ4n) is 1.76. The standard InChI is InChI=1S/C13H22ClN5O/c1-4-15-13-17-9-10(14)12(18-13)16-8-7-11(20)19(5-2)6-3/h9H,4-8H2,1-3H3,(H2,15,16,17,18). The molecule has 0 radical (unpaired) electrons. The monoisotopic (exact) mass is 299 g/mol. The number of hydrogen-bond acceptors (Lipinski definition) is 5. The van der Waals surface area contributed by atoms with E-state index < -0.39 is 0 Å². The van der Waals surface area contributed by atoms with Gasteiger partial charge >= 0.3 is 0 Å². The number of halogens is 1. The first-order chi connectivity index (χ1) is 9.62. The van der Waals surface area contributed by atoms with Crippen molar-refractivity contribution in [1.29, 1.82) is 0 Å². The Morgan fingerprint density at radius 1 is 1.30 bits per heavy atom. The molecule has 7 heteroatoms. The second-order valence-electron chi connectivity index (χ2n) is 4.16. The summed E-state index contributed by atoms with van der Waals surface area (Å²) in [5.74, 6) is 1.19. The van der Waals surface area contributed by atoms with E-state index in [0.717, 1.165) is 19.6 Å². The largest absolute Gasteiger partial charge is 0.368 e. The van der Waals surface area contributed by atoms with Crippen LogP contribution in [-0.4, -0.2) is 47.0 Å². The lowest BCUT2D eigenvalue weighted by Gasteiger charge is -2.18. The molecule has 6 nitrogen and oxygen atoms in total. The minimum atomic E-state index is 0.125. The van der Waals surface area contributed by atoms with Crippen LogP contribution in [0.2, 0.25) is 5.02 Å². The Morgan fingerprint density at radius 2 is 2.00 bits per heavy atom. The average Bonchev–Trinajstić information content (AvgIpc) is 2.44. The highest BCUT2D eigenvalue weighted by Crippen LogP contribution is 2.19. The molecule has 0 fully saturated rings. The first kappa shape index (κ1) is 16.5. The van der Waals surface area contributed by atoms with Gasteiger partial charge in [-0.15, -0.1) is 0 Å². The summed E-state index contributed by atoms with van der Waals surface area (Å²) in [6.07, 6.45) is 1.96. The Hall–Kier alpha value is -1.56. The average molecular weight is 300 g/mol. The van der Waals surface area contributed by atoms with Crippen molar-refractivity contribution >= 4 is 29.3 Å². The molecule has 112 valence electrons. The second kappa shape index (κ2) is 8.58. The van der Waals surface area contributed by atoms with Crippen LogP contribution in [0.1, 0.15) is 27.2 Å². The lowest BCUT2D eigenvalue weighted by molar-refractivity contribution is -0.130. The van der Waals surface area contributed by atoms with Crippen LogP contribution in [0.4, 0.5) is 11.8 Å². The van der Waals surface area contributed by atoms with E-state index in [1.54, 1.807) is 11.1 Å². The third-order valence-corrected chi connectivity index (χ3v) is 3.10. The molecular weight excluding hydrogens is 278 g/mol. The highest BCUT2D eigenvalue weighted by Gasteiger charge is 2.10. The number of anilines is 2. The SMILES string of the molecule is CCNc1ncc(Cl)c(NCCC(=O)N(CC)CC)n1. The molecule has 1 aromatic heterocycles. The van der Waals surface area contributed by atoms with Crippen molar-refractivity contribution < 1.29 is 4.79 Å². The number of rotatable bonds is 8. The number of aromatic nitrogens is 2. The molecule has 0 aromatic carbocycles. The van der Waals surface area contributed by atoms with Crippen LogP contribution in [0.15, 0.2) is 6.20 Å². The van der Waals surface area contributed by atoms with Gasteiger partial charge in [0.1, 0.15) is 10.8 Å². The van der Waals surface area contributed by atoms with Crippen molar-refractivity contribution in [3.05, 3.63) is 11.2 Å². The van der Waals surface area contributed by atoms with Gasteiger partial charge in [-0.1, -0.05) is 11.6 Å². The number of hydrogen-bond donors (Lipinski definition) is 2. The van der Waals surface area contributed by atoms with E-state index in [-0.39, 0.29) is 5.91 Å². The van der Waals surface area contributed by atoms with Gasteiger partial charge in [-0.2, -0.15) is 4.98 Å². The van der Waals surface area contributed by atoms with Gasteiger partial charge in [-0.3, -0.25) is 4.79 Å². The van der Waals surface area contributed by atoms with Crippen molar-refractivity contribution in [1.82, 2.24) is 14.9 Å². The van der Waals surface area contributed by atoms with Crippen LogP contribution >= 0.6 is 11.6 Å². The maximum absolute atomic E-state index is 11.9. The Balaban J connectivity index is 2.53. The van der Waals surface area contributed by atoms with Crippen molar-refractivity contribution in [3.8, 4) is 0 Å². The second-order valence-corrected chi connectivity index (χ2v) is 4.57. The zero-order valence-electron chi connectivity index (χ0n) is 12.2. The Morgan fingerprint density at radius 3 is 2.60 bits per heavy atom. The summed E-state index contributed by atoms with van der Waals surface area (Å²) in [5, 5.41) is 6.54. The Kier molecular flexibility index (Phi) is 7.08. The summed E-state index contributed by atoms with van der Waals surface area (Å²) < 4.78 is 0. The highest BCUT2D eigenvalue weighted by atomic mass is 35.5. The number of nitrogens with zero attached hydrogens (tertiary/aromatic N) is 3. The molecule has 1 rings (SSSR count). The van der Waals surface area contributed by atoms with Crippen LogP contribution < -0.4 is 10.6 Å². The zero-order chi connectivity index (χ0) is 15.0. The highest BCUT2D eigenvalue weighted by molar-refractivity contribution is 6.32. The van der Waals surface area contributed by atoms with Gasteiger partial charge in [-0.05, 0) is 20.8 Å². The third kappa shape index (κ3) is 4.85. The molecular formula is C13H22ClN5O. The molecule has 2 N–H and O–H groups in total. The van der Waals surface area contributed by atoms with Gasteiger partial charge in [0.2, 0.25) is 11.9 Å². The molecule has 20 heavy (non-hydrogen) atoms. The normalized spacial score (nSPS) is 10.2. The molecule has 0 aliphatic rings. The summed E-state index contributed by atoms with van der Waals surface area (Å²) in [4.78, 5) is 22.0. The van der Waals surface area contributed by atoms with Gasteiger partial charge < -0.3 is 15.5 Å². The minimum absolute atomic E-state index is 0.125. The van der Waals surface area contributed by atoms with E-state index in [1.807, 2.05) is 20.8 Å². The molecule has 1 aromatic rings. The summed E-state index contributed by atoms with van der Waals surface area (Å²) in [7, 11) is 0. The molecule has 0 unspecified atom stereocenters. The van der Waals surface area contributed by atoms with Gasteiger partial charge in [0.25, 0.3) is 0 Å². The summed E-state index contributed by atoms with van der Waals surface area (Å²) in [5.41, 5.74) is 0. The summed E-state index contributed by atoms with van der Waals surface area (Å²) >= 11 is 6.02. The van der Waals surface area contributed by atoms with Crippen molar-refractivity contribution in [3.63, 3.8) is 0 Å². The van der Waals surface area contributed by atoms with Gasteiger partial charge in [0.05, 0.1) is 6.20 Å². The summed E-state index contributed by atoms with van der Waals surface area (Å²) in [6.45, 7) is 8.60.